The van der Waals surface area contributed by atoms with Gasteiger partial charge in [-0.1, -0.05) is 0 Å². The van der Waals surface area contributed by atoms with Crippen molar-refractivity contribution in [2.45, 2.75) is 118 Å². The second kappa shape index (κ2) is 16.0. The van der Waals surface area contributed by atoms with E-state index in [9.17, 15) is 5.11 Å². The SMILES string of the molecule is CCCCC[C@H](O)C/C=[CH]/[Sn]([CH2]CCC)([CH2]CCC)[CH2]CCC. The summed E-state index contributed by atoms with van der Waals surface area (Å²) < 4.78 is 7.31. The Kier molecular flexibility index (Phi) is 16.3. The van der Waals surface area contributed by atoms with Crippen molar-refractivity contribution in [3.05, 3.63) is 10.2 Å². The number of unbranched alkanes of at least 4 members (excludes halogenated alkanes) is 5. The summed E-state index contributed by atoms with van der Waals surface area (Å²) in [7, 11) is 0. The summed E-state index contributed by atoms with van der Waals surface area (Å²) in [5, 5.41) is 10.2. The molecule has 0 bridgehead atoms. The van der Waals surface area contributed by atoms with Crippen LogP contribution in [0.15, 0.2) is 10.2 Å². The molecule has 0 unspecified atom stereocenters. The van der Waals surface area contributed by atoms with Gasteiger partial charge in [-0.15, -0.1) is 0 Å². The second-order valence-corrected chi connectivity index (χ2v) is 20.5. The van der Waals surface area contributed by atoms with E-state index in [0.717, 1.165) is 12.8 Å². The van der Waals surface area contributed by atoms with E-state index in [4.69, 9.17) is 0 Å². The summed E-state index contributed by atoms with van der Waals surface area (Å²) in [4.78, 5) is 0. The Bertz CT molecular complexity index is 253. The molecule has 0 aliphatic rings. The fourth-order valence-corrected chi connectivity index (χ4v) is 17.9. The van der Waals surface area contributed by atoms with Crippen molar-refractivity contribution < 1.29 is 5.11 Å². The van der Waals surface area contributed by atoms with Crippen LogP contribution in [-0.2, 0) is 0 Å². The van der Waals surface area contributed by atoms with Crippen molar-refractivity contribution in [3.8, 4) is 0 Å². The van der Waals surface area contributed by atoms with E-state index < -0.39 is 18.4 Å². The molecule has 0 amide bonds. The molecule has 138 valence electrons. The summed E-state index contributed by atoms with van der Waals surface area (Å²) in [5.74, 6) is 0. The van der Waals surface area contributed by atoms with E-state index in [2.05, 4.69) is 37.9 Å². The first kappa shape index (κ1) is 23.5. The van der Waals surface area contributed by atoms with Gasteiger partial charge in [0.2, 0.25) is 0 Å². The maximum atomic E-state index is 10.2. The van der Waals surface area contributed by atoms with E-state index in [1.807, 2.05) is 0 Å². The van der Waals surface area contributed by atoms with E-state index >= 15 is 0 Å². The summed E-state index contributed by atoms with van der Waals surface area (Å²) in [6, 6.07) is 0. The van der Waals surface area contributed by atoms with Gasteiger partial charge < -0.3 is 0 Å². The standard InChI is InChI=1S/C9H17O.3C4H9.Sn/c1-3-5-6-8-9(10)7-4-2;3*1-3-4-2;/h2,4,9-10H,3,5-8H2,1H3;3*1,3-4H2,2H3;/t9-;;;;/m1..../s1. The van der Waals surface area contributed by atoms with Crippen LogP contribution in [0.4, 0.5) is 0 Å². The zero-order valence-corrected chi connectivity index (χ0v) is 19.4. The van der Waals surface area contributed by atoms with Gasteiger partial charge in [0.15, 0.2) is 0 Å². The molecule has 0 aromatic carbocycles. The van der Waals surface area contributed by atoms with Crippen LogP contribution in [0.2, 0.25) is 13.3 Å². The molecule has 0 aromatic heterocycles. The molecule has 1 atom stereocenters. The summed E-state index contributed by atoms with van der Waals surface area (Å²) in [6.45, 7) is 9.22. The predicted octanol–water partition coefficient (Wildman–Crippen LogP) is 7.26. The number of hydrogen-bond acceptors (Lipinski definition) is 1. The van der Waals surface area contributed by atoms with Crippen LogP contribution in [-0.4, -0.2) is 29.6 Å². The predicted molar refractivity (Wildman–Crippen MR) is 109 cm³/mol. The van der Waals surface area contributed by atoms with Crippen molar-refractivity contribution in [1.29, 1.82) is 0 Å². The summed E-state index contributed by atoms with van der Waals surface area (Å²) in [6.07, 6.45) is 16.1. The number of aliphatic hydroxyl groups is 1. The third kappa shape index (κ3) is 12.5. The molecule has 0 aromatic rings. The first-order valence-corrected chi connectivity index (χ1v) is 18.2. The van der Waals surface area contributed by atoms with Crippen molar-refractivity contribution in [3.63, 3.8) is 0 Å². The topological polar surface area (TPSA) is 20.2 Å². The molecule has 2 heteroatoms. The molecule has 0 saturated carbocycles. The number of hydrogen-bond donors (Lipinski definition) is 1. The van der Waals surface area contributed by atoms with Crippen LogP contribution in [0.25, 0.3) is 0 Å². The zero-order valence-electron chi connectivity index (χ0n) is 16.6. The van der Waals surface area contributed by atoms with Crippen molar-refractivity contribution in [2.24, 2.45) is 0 Å². The molecule has 1 N–H and O–H groups in total. The molecule has 0 spiro atoms. The van der Waals surface area contributed by atoms with E-state index in [1.54, 1.807) is 0 Å². The third-order valence-electron chi connectivity index (χ3n) is 5.11. The van der Waals surface area contributed by atoms with E-state index in [-0.39, 0.29) is 6.10 Å². The van der Waals surface area contributed by atoms with Crippen LogP contribution in [0.3, 0.4) is 0 Å². The average Bonchev–Trinajstić information content (AvgIpc) is 2.56. The summed E-state index contributed by atoms with van der Waals surface area (Å²) in [5.41, 5.74) is 0. The molecule has 23 heavy (non-hydrogen) atoms. The Morgan fingerprint density at radius 1 is 0.739 bits per heavy atom. The van der Waals surface area contributed by atoms with E-state index in [1.165, 1.54) is 71.1 Å². The third-order valence-corrected chi connectivity index (χ3v) is 19.3. The Balaban J connectivity index is 4.62. The Hall–Kier alpha value is 0.499. The molecule has 0 fully saturated rings. The van der Waals surface area contributed by atoms with Crippen LogP contribution >= 0.6 is 0 Å². The molecule has 1 nitrogen and oxygen atoms in total. The molecular weight excluding hydrogens is 387 g/mol. The summed E-state index contributed by atoms with van der Waals surface area (Å²) >= 11 is -2.10. The minimum atomic E-state index is -2.10. The van der Waals surface area contributed by atoms with Crippen LogP contribution in [0.5, 0.6) is 0 Å². The first-order valence-electron chi connectivity index (χ1n) is 10.5. The van der Waals surface area contributed by atoms with Gasteiger partial charge in [0.05, 0.1) is 0 Å². The van der Waals surface area contributed by atoms with Gasteiger partial charge in [0, 0.05) is 0 Å². The van der Waals surface area contributed by atoms with Gasteiger partial charge in [0.1, 0.15) is 0 Å². The molecule has 0 rings (SSSR count). The normalized spacial score (nSPS) is 13.8. The van der Waals surface area contributed by atoms with Crippen LogP contribution in [0, 0.1) is 0 Å². The second-order valence-electron chi connectivity index (χ2n) is 7.46. The molecular formula is C21H44OSn. The Labute approximate surface area is 151 Å². The van der Waals surface area contributed by atoms with Gasteiger partial charge in [-0.25, -0.2) is 0 Å². The minimum absolute atomic E-state index is 0.106. The first-order chi connectivity index (χ1) is 11.1. The number of rotatable bonds is 16. The quantitative estimate of drug-likeness (QED) is 0.201. The fourth-order valence-electron chi connectivity index (χ4n) is 3.43. The van der Waals surface area contributed by atoms with Gasteiger partial charge in [0.25, 0.3) is 0 Å². The van der Waals surface area contributed by atoms with Crippen LogP contribution in [0.1, 0.15) is 98.3 Å². The fraction of sp³-hybridized carbons (Fsp3) is 0.905. The molecule has 0 saturated heterocycles. The molecule has 0 radical (unpaired) electrons. The monoisotopic (exact) mass is 432 g/mol. The van der Waals surface area contributed by atoms with E-state index in [0.29, 0.717) is 0 Å². The Morgan fingerprint density at radius 3 is 1.65 bits per heavy atom. The van der Waals surface area contributed by atoms with Gasteiger partial charge in [-0.3, -0.25) is 0 Å². The number of aliphatic hydroxyl groups excluding tert-OH is 1. The van der Waals surface area contributed by atoms with Crippen molar-refractivity contribution in [1.82, 2.24) is 0 Å². The van der Waals surface area contributed by atoms with Gasteiger partial charge in [-0.2, -0.15) is 0 Å². The van der Waals surface area contributed by atoms with Crippen LogP contribution < -0.4 is 0 Å². The van der Waals surface area contributed by atoms with Gasteiger partial charge >= 0.3 is 151 Å². The molecule has 0 aliphatic carbocycles. The maximum absolute atomic E-state index is 10.2. The van der Waals surface area contributed by atoms with Crippen molar-refractivity contribution >= 4 is 18.4 Å². The molecule has 0 heterocycles. The van der Waals surface area contributed by atoms with Crippen molar-refractivity contribution in [2.75, 3.05) is 0 Å². The average molecular weight is 431 g/mol. The zero-order chi connectivity index (χ0) is 17.4. The van der Waals surface area contributed by atoms with Gasteiger partial charge in [-0.05, 0) is 0 Å². The molecule has 0 aliphatic heterocycles. The Morgan fingerprint density at radius 2 is 1.22 bits per heavy atom.